The minimum atomic E-state index is 0.0849. The van der Waals surface area contributed by atoms with Gasteiger partial charge in [0.15, 0.2) is 0 Å². The molecular weight excluding hydrogens is 256 g/mol. The molecule has 0 aliphatic rings. The van der Waals surface area contributed by atoms with Crippen molar-refractivity contribution in [2.24, 2.45) is 0 Å². The maximum atomic E-state index is 5.64. The molecule has 1 rings (SSSR count). The Morgan fingerprint density at radius 3 is 2.80 bits per heavy atom. The summed E-state index contributed by atoms with van der Waals surface area (Å²) >= 11 is 0. The minimum Gasteiger partial charge on any atom is -0.379 e. The Bertz CT molecular complexity index is 373. The lowest BCUT2D eigenvalue weighted by atomic mass is 10.1. The van der Waals surface area contributed by atoms with E-state index in [1.807, 2.05) is 24.7 Å². The molecule has 0 aromatic carbocycles. The number of nitrogens with one attached hydrogen (secondary N) is 1. The normalized spacial score (nSPS) is 13.7. The summed E-state index contributed by atoms with van der Waals surface area (Å²) in [6, 6.07) is 0. The van der Waals surface area contributed by atoms with Crippen LogP contribution in [0.15, 0.2) is 6.20 Å². The molecule has 1 aromatic heterocycles. The van der Waals surface area contributed by atoms with Gasteiger partial charge in [-0.2, -0.15) is 0 Å². The minimum absolute atomic E-state index is 0.0849. The van der Waals surface area contributed by atoms with Gasteiger partial charge in [0.2, 0.25) is 0 Å². The zero-order valence-corrected chi connectivity index (χ0v) is 13.3. The van der Waals surface area contributed by atoms with Crippen LogP contribution in [0.5, 0.6) is 0 Å². The van der Waals surface area contributed by atoms with E-state index in [1.54, 1.807) is 0 Å². The van der Waals surface area contributed by atoms with Crippen molar-refractivity contribution in [3.05, 3.63) is 11.9 Å². The fourth-order valence-corrected chi connectivity index (χ4v) is 1.56. The summed E-state index contributed by atoms with van der Waals surface area (Å²) in [5.74, 6) is 0. The van der Waals surface area contributed by atoms with Gasteiger partial charge in [-0.25, -0.2) is 4.68 Å². The van der Waals surface area contributed by atoms with Gasteiger partial charge in [0, 0.05) is 24.9 Å². The van der Waals surface area contributed by atoms with E-state index < -0.39 is 0 Å². The number of rotatable bonds is 9. The molecule has 0 saturated carbocycles. The molecular formula is C14H28N4O2. The van der Waals surface area contributed by atoms with E-state index in [4.69, 9.17) is 9.47 Å². The Kier molecular flexibility index (Phi) is 7.12. The van der Waals surface area contributed by atoms with E-state index in [2.05, 4.69) is 36.4 Å². The molecule has 6 heteroatoms. The van der Waals surface area contributed by atoms with Crippen LogP contribution in [0.4, 0.5) is 0 Å². The van der Waals surface area contributed by atoms with Crippen LogP contribution in [0.25, 0.3) is 0 Å². The van der Waals surface area contributed by atoms with Crippen LogP contribution in [0.2, 0.25) is 0 Å². The van der Waals surface area contributed by atoms with Crippen molar-refractivity contribution in [1.82, 2.24) is 20.3 Å². The lowest BCUT2D eigenvalue weighted by Gasteiger charge is -2.19. The van der Waals surface area contributed by atoms with E-state index in [0.717, 1.165) is 18.8 Å². The number of nitrogens with zero attached hydrogens (tertiary/aromatic N) is 3. The second-order valence-corrected chi connectivity index (χ2v) is 5.92. The molecule has 0 bridgehead atoms. The summed E-state index contributed by atoms with van der Waals surface area (Å²) in [6.07, 6.45) is 2.07. The first-order valence-electron chi connectivity index (χ1n) is 7.24. The summed E-state index contributed by atoms with van der Waals surface area (Å²) in [4.78, 5) is 0. The Morgan fingerprint density at radius 1 is 1.40 bits per heavy atom. The van der Waals surface area contributed by atoms with Crippen molar-refractivity contribution in [3.63, 3.8) is 0 Å². The van der Waals surface area contributed by atoms with Crippen LogP contribution in [-0.4, -0.2) is 46.5 Å². The van der Waals surface area contributed by atoms with Gasteiger partial charge in [0.25, 0.3) is 0 Å². The number of hydrogen-bond donors (Lipinski definition) is 1. The second-order valence-electron chi connectivity index (χ2n) is 5.92. The van der Waals surface area contributed by atoms with Gasteiger partial charge in [-0.05, 0) is 34.6 Å². The average Bonchev–Trinajstić information content (AvgIpc) is 2.81. The maximum absolute atomic E-state index is 5.64. The predicted molar refractivity (Wildman–Crippen MR) is 78.5 cm³/mol. The largest absolute Gasteiger partial charge is 0.379 e. The third-order valence-corrected chi connectivity index (χ3v) is 2.67. The Hall–Kier alpha value is -0.980. The number of hydrogen-bond acceptors (Lipinski definition) is 5. The molecule has 1 heterocycles. The van der Waals surface area contributed by atoms with Gasteiger partial charge in [-0.15, -0.1) is 5.10 Å². The molecule has 0 radical (unpaired) electrons. The predicted octanol–water partition coefficient (Wildman–Crippen LogP) is 1.61. The number of aromatic nitrogens is 3. The lowest BCUT2D eigenvalue weighted by molar-refractivity contribution is -0.00688. The maximum Gasteiger partial charge on any atom is 0.0965 e. The molecule has 1 aromatic rings. The highest BCUT2D eigenvalue weighted by atomic mass is 16.5. The van der Waals surface area contributed by atoms with E-state index in [9.17, 15) is 0 Å². The highest BCUT2D eigenvalue weighted by Crippen LogP contribution is 2.02. The van der Waals surface area contributed by atoms with E-state index in [-0.39, 0.29) is 11.6 Å². The van der Waals surface area contributed by atoms with Crippen molar-refractivity contribution >= 4 is 0 Å². The fourth-order valence-electron chi connectivity index (χ4n) is 1.56. The van der Waals surface area contributed by atoms with Crippen LogP contribution in [-0.2, 0) is 22.6 Å². The van der Waals surface area contributed by atoms with E-state index in [1.165, 1.54) is 0 Å². The van der Waals surface area contributed by atoms with E-state index >= 15 is 0 Å². The molecule has 0 aliphatic heterocycles. The third kappa shape index (κ3) is 7.57. The molecule has 0 aliphatic carbocycles. The summed E-state index contributed by atoms with van der Waals surface area (Å²) in [6.45, 7) is 13.8. The molecule has 20 heavy (non-hydrogen) atoms. The molecule has 0 fully saturated rings. The van der Waals surface area contributed by atoms with Crippen molar-refractivity contribution in [1.29, 1.82) is 0 Å². The van der Waals surface area contributed by atoms with Crippen molar-refractivity contribution < 1.29 is 9.47 Å². The van der Waals surface area contributed by atoms with Gasteiger partial charge in [0.1, 0.15) is 0 Å². The molecule has 1 unspecified atom stereocenters. The topological polar surface area (TPSA) is 61.2 Å². The zero-order chi connectivity index (χ0) is 15.0. The summed E-state index contributed by atoms with van der Waals surface area (Å²) in [5.41, 5.74) is 1.03. The zero-order valence-electron chi connectivity index (χ0n) is 13.3. The van der Waals surface area contributed by atoms with Crippen LogP contribution in [0.1, 0.15) is 40.3 Å². The number of ether oxygens (including phenoxy) is 2. The van der Waals surface area contributed by atoms with Crippen molar-refractivity contribution in [3.8, 4) is 0 Å². The molecule has 1 atom stereocenters. The summed E-state index contributed by atoms with van der Waals surface area (Å²) in [5, 5.41) is 11.6. The van der Waals surface area contributed by atoms with Gasteiger partial charge < -0.3 is 14.8 Å². The molecule has 116 valence electrons. The average molecular weight is 284 g/mol. The smallest absolute Gasteiger partial charge is 0.0965 e. The summed E-state index contributed by atoms with van der Waals surface area (Å²) < 4.78 is 12.8. The Labute approximate surface area is 121 Å². The first kappa shape index (κ1) is 17.1. The van der Waals surface area contributed by atoms with Crippen LogP contribution in [0.3, 0.4) is 0 Å². The molecule has 1 N–H and O–H groups in total. The first-order valence-corrected chi connectivity index (χ1v) is 7.24. The second kappa shape index (κ2) is 8.34. The SMILES string of the molecule is CCOCC(C)OCCn1cc(CNC(C)(C)C)nn1. The van der Waals surface area contributed by atoms with Crippen molar-refractivity contribution in [2.45, 2.75) is 59.4 Å². The Balaban J connectivity index is 2.23. The van der Waals surface area contributed by atoms with Gasteiger partial charge >= 0.3 is 0 Å². The molecule has 6 nitrogen and oxygen atoms in total. The van der Waals surface area contributed by atoms with Gasteiger partial charge in [-0.3, -0.25) is 0 Å². The first-order chi connectivity index (χ1) is 9.40. The Morgan fingerprint density at radius 2 is 2.15 bits per heavy atom. The quantitative estimate of drug-likeness (QED) is 0.746. The van der Waals surface area contributed by atoms with Crippen LogP contribution >= 0.6 is 0 Å². The molecule has 0 amide bonds. The van der Waals surface area contributed by atoms with Gasteiger partial charge in [-0.1, -0.05) is 5.21 Å². The lowest BCUT2D eigenvalue weighted by Crippen LogP contribution is -2.35. The molecule has 0 spiro atoms. The van der Waals surface area contributed by atoms with E-state index in [0.29, 0.717) is 19.8 Å². The van der Waals surface area contributed by atoms with Crippen LogP contribution < -0.4 is 5.32 Å². The molecule has 0 saturated heterocycles. The highest BCUT2D eigenvalue weighted by Gasteiger charge is 2.10. The van der Waals surface area contributed by atoms with Crippen molar-refractivity contribution in [2.75, 3.05) is 19.8 Å². The summed E-state index contributed by atoms with van der Waals surface area (Å²) in [7, 11) is 0. The monoisotopic (exact) mass is 284 g/mol. The fraction of sp³-hybridized carbons (Fsp3) is 0.857. The standard InChI is InChI=1S/C14H28N4O2/c1-6-19-11-12(2)20-8-7-18-10-13(16-17-18)9-15-14(3,4)5/h10,12,15H,6-9,11H2,1-5H3. The van der Waals surface area contributed by atoms with Gasteiger partial charge in [0.05, 0.1) is 31.6 Å². The highest BCUT2D eigenvalue weighted by molar-refractivity contribution is 4.92. The van der Waals surface area contributed by atoms with Crippen LogP contribution in [0, 0.1) is 0 Å². The third-order valence-electron chi connectivity index (χ3n) is 2.67.